The highest BCUT2D eigenvalue weighted by molar-refractivity contribution is 5.27. The number of likely N-dealkylation sites (tertiary alicyclic amines) is 1. The number of hydrogen-bond donors (Lipinski definition) is 2. The van der Waals surface area contributed by atoms with Gasteiger partial charge in [-0.1, -0.05) is 13.0 Å². The van der Waals surface area contributed by atoms with Crippen molar-refractivity contribution in [3.8, 4) is 5.75 Å². The third-order valence-electron chi connectivity index (χ3n) is 3.59. The monoisotopic (exact) mass is 252 g/mol. The van der Waals surface area contributed by atoms with Crippen LogP contribution in [-0.2, 0) is 6.54 Å². The summed E-state index contributed by atoms with van der Waals surface area (Å²) in [6, 6.07) is 4.54. The van der Waals surface area contributed by atoms with E-state index in [-0.39, 0.29) is 5.75 Å². The minimum Gasteiger partial charge on any atom is -0.505 e. The molecule has 1 heterocycles. The third-order valence-corrected chi connectivity index (χ3v) is 3.59. The number of rotatable bonds is 5. The van der Waals surface area contributed by atoms with Crippen LogP contribution in [0.5, 0.6) is 5.75 Å². The van der Waals surface area contributed by atoms with E-state index in [4.69, 9.17) is 5.11 Å². The van der Waals surface area contributed by atoms with Gasteiger partial charge in [-0.15, -0.1) is 0 Å². The van der Waals surface area contributed by atoms with E-state index in [9.17, 15) is 4.39 Å². The van der Waals surface area contributed by atoms with Crippen LogP contribution in [0.1, 0.15) is 18.9 Å². The van der Waals surface area contributed by atoms with E-state index in [1.165, 1.54) is 25.1 Å². The predicted molar refractivity (Wildman–Crippen MR) is 70.0 cm³/mol. The maximum Gasteiger partial charge on any atom is 0.165 e. The molecule has 1 unspecified atom stereocenters. The zero-order valence-electron chi connectivity index (χ0n) is 10.8. The van der Waals surface area contributed by atoms with Gasteiger partial charge in [-0.25, -0.2) is 4.39 Å². The summed E-state index contributed by atoms with van der Waals surface area (Å²) in [5.74, 6) is -0.132. The molecule has 1 aromatic carbocycles. The molecule has 1 saturated heterocycles. The second-order valence-corrected chi connectivity index (χ2v) is 4.96. The predicted octanol–water partition coefficient (Wildman–Crippen LogP) is 1.96. The van der Waals surface area contributed by atoms with Crippen LogP contribution >= 0.6 is 0 Å². The van der Waals surface area contributed by atoms with Gasteiger partial charge < -0.3 is 15.3 Å². The minimum absolute atomic E-state index is 0.284. The molecule has 0 aromatic heterocycles. The molecule has 1 aromatic rings. The first-order valence-corrected chi connectivity index (χ1v) is 6.59. The van der Waals surface area contributed by atoms with Gasteiger partial charge in [0.15, 0.2) is 11.6 Å². The lowest BCUT2D eigenvalue weighted by atomic mass is 10.1. The first-order valence-electron chi connectivity index (χ1n) is 6.59. The minimum atomic E-state index is -0.549. The number of benzene rings is 1. The molecule has 0 aliphatic carbocycles. The molecule has 0 amide bonds. The van der Waals surface area contributed by atoms with Crippen molar-refractivity contribution in [2.24, 2.45) is 5.92 Å². The second-order valence-electron chi connectivity index (χ2n) is 4.96. The SMILES string of the molecule is CCN1CCC(CNCc2ccc(O)c(F)c2)C1. The van der Waals surface area contributed by atoms with E-state index in [0.29, 0.717) is 12.5 Å². The van der Waals surface area contributed by atoms with Crippen molar-refractivity contribution in [1.82, 2.24) is 10.2 Å². The topological polar surface area (TPSA) is 35.5 Å². The average Bonchev–Trinajstić information content (AvgIpc) is 2.82. The first-order chi connectivity index (χ1) is 8.69. The van der Waals surface area contributed by atoms with Gasteiger partial charge in [0.2, 0.25) is 0 Å². The van der Waals surface area contributed by atoms with Gasteiger partial charge in [0, 0.05) is 13.1 Å². The fourth-order valence-electron chi connectivity index (χ4n) is 2.45. The summed E-state index contributed by atoms with van der Waals surface area (Å²) in [4.78, 5) is 2.45. The van der Waals surface area contributed by atoms with E-state index in [1.54, 1.807) is 6.07 Å². The van der Waals surface area contributed by atoms with Gasteiger partial charge in [-0.2, -0.15) is 0 Å². The smallest absolute Gasteiger partial charge is 0.165 e. The van der Waals surface area contributed by atoms with E-state index in [2.05, 4.69) is 17.1 Å². The van der Waals surface area contributed by atoms with E-state index >= 15 is 0 Å². The molecule has 1 aliphatic heterocycles. The van der Waals surface area contributed by atoms with Crippen LogP contribution in [-0.4, -0.2) is 36.2 Å². The normalized spacial score (nSPS) is 20.4. The highest BCUT2D eigenvalue weighted by Gasteiger charge is 2.20. The van der Waals surface area contributed by atoms with Crippen molar-refractivity contribution in [2.75, 3.05) is 26.2 Å². The van der Waals surface area contributed by atoms with Crippen LogP contribution in [0, 0.1) is 11.7 Å². The fraction of sp³-hybridized carbons (Fsp3) is 0.571. The molecule has 4 heteroatoms. The molecule has 2 rings (SSSR count). The summed E-state index contributed by atoms with van der Waals surface area (Å²) < 4.78 is 13.1. The van der Waals surface area contributed by atoms with Crippen molar-refractivity contribution in [3.63, 3.8) is 0 Å². The Morgan fingerprint density at radius 3 is 3.00 bits per heavy atom. The summed E-state index contributed by atoms with van der Waals surface area (Å²) in [5, 5.41) is 12.5. The number of phenolic OH excluding ortho intramolecular Hbond substituents is 1. The van der Waals surface area contributed by atoms with Crippen LogP contribution in [0.4, 0.5) is 4.39 Å². The highest BCUT2D eigenvalue weighted by Crippen LogP contribution is 2.17. The molecule has 0 saturated carbocycles. The Bertz CT molecular complexity index is 397. The van der Waals surface area contributed by atoms with Gasteiger partial charge >= 0.3 is 0 Å². The Balaban J connectivity index is 1.73. The molecule has 1 aliphatic rings. The Hall–Kier alpha value is -1.13. The number of nitrogens with one attached hydrogen (secondary N) is 1. The lowest BCUT2D eigenvalue weighted by Gasteiger charge is -2.13. The van der Waals surface area contributed by atoms with Crippen molar-refractivity contribution >= 4 is 0 Å². The Morgan fingerprint density at radius 2 is 2.33 bits per heavy atom. The number of phenols is 1. The van der Waals surface area contributed by atoms with Crippen LogP contribution in [0.15, 0.2) is 18.2 Å². The maximum atomic E-state index is 13.1. The number of halogens is 1. The molecule has 1 atom stereocenters. The molecular weight excluding hydrogens is 231 g/mol. The lowest BCUT2D eigenvalue weighted by Crippen LogP contribution is -2.26. The highest BCUT2D eigenvalue weighted by atomic mass is 19.1. The van der Waals surface area contributed by atoms with Crippen molar-refractivity contribution in [3.05, 3.63) is 29.6 Å². The van der Waals surface area contributed by atoms with E-state index in [0.717, 1.165) is 25.2 Å². The van der Waals surface area contributed by atoms with Crippen molar-refractivity contribution in [1.29, 1.82) is 0 Å². The molecule has 0 radical (unpaired) electrons. The lowest BCUT2D eigenvalue weighted by molar-refractivity contribution is 0.339. The van der Waals surface area contributed by atoms with Gasteiger partial charge in [0.1, 0.15) is 0 Å². The maximum absolute atomic E-state index is 13.1. The zero-order valence-corrected chi connectivity index (χ0v) is 10.8. The van der Waals surface area contributed by atoms with E-state index in [1.807, 2.05) is 0 Å². The molecule has 0 bridgehead atoms. The quantitative estimate of drug-likeness (QED) is 0.841. The van der Waals surface area contributed by atoms with Gasteiger partial charge in [-0.3, -0.25) is 0 Å². The van der Waals surface area contributed by atoms with Gasteiger partial charge in [0.05, 0.1) is 0 Å². The van der Waals surface area contributed by atoms with Gasteiger partial charge in [-0.05, 0) is 49.7 Å². The Kier molecular flexibility index (Phi) is 4.55. The van der Waals surface area contributed by atoms with Crippen molar-refractivity contribution in [2.45, 2.75) is 19.9 Å². The number of hydrogen-bond acceptors (Lipinski definition) is 3. The van der Waals surface area contributed by atoms with Gasteiger partial charge in [0.25, 0.3) is 0 Å². The van der Waals surface area contributed by atoms with Crippen LogP contribution in [0.2, 0.25) is 0 Å². The zero-order chi connectivity index (χ0) is 13.0. The third kappa shape index (κ3) is 3.43. The van der Waals surface area contributed by atoms with E-state index < -0.39 is 5.82 Å². The summed E-state index contributed by atoms with van der Waals surface area (Å²) in [5.41, 5.74) is 0.871. The number of aromatic hydroxyl groups is 1. The number of nitrogens with zero attached hydrogens (tertiary/aromatic N) is 1. The average molecular weight is 252 g/mol. The molecule has 100 valence electrons. The Labute approximate surface area is 108 Å². The molecule has 1 fully saturated rings. The fourth-order valence-corrected chi connectivity index (χ4v) is 2.45. The summed E-state index contributed by atoms with van der Waals surface area (Å²) in [7, 11) is 0. The second kappa shape index (κ2) is 6.16. The van der Waals surface area contributed by atoms with Crippen LogP contribution in [0.3, 0.4) is 0 Å². The Morgan fingerprint density at radius 1 is 1.50 bits per heavy atom. The summed E-state index contributed by atoms with van der Waals surface area (Å²) in [6.45, 7) is 7.29. The molecule has 0 spiro atoms. The molecule has 2 N–H and O–H groups in total. The van der Waals surface area contributed by atoms with Crippen LogP contribution < -0.4 is 5.32 Å². The molecular formula is C14H21FN2O. The van der Waals surface area contributed by atoms with Crippen LogP contribution in [0.25, 0.3) is 0 Å². The van der Waals surface area contributed by atoms with Crippen molar-refractivity contribution < 1.29 is 9.50 Å². The largest absolute Gasteiger partial charge is 0.505 e. The summed E-state index contributed by atoms with van der Waals surface area (Å²) >= 11 is 0. The standard InChI is InChI=1S/C14H21FN2O/c1-2-17-6-5-12(10-17)9-16-8-11-3-4-14(18)13(15)7-11/h3-4,7,12,16,18H,2,5-6,8-10H2,1H3. The molecule has 18 heavy (non-hydrogen) atoms. The summed E-state index contributed by atoms with van der Waals surface area (Å²) in [6.07, 6.45) is 1.24. The molecule has 3 nitrogen and oxygen atoms in total. The first kappa shape index (κ1) is 13.3.